The fourth-order valence-corrected chi connectivity index (χ4v) is 3.56. The van der Waals surface area contributed by atoms with Gasteiger partial charge in [0.25, 0.3) is 0 Å². The van der Waals surface area contributed by atoms with Crippen LogP contribution in [0.25, 0.3) is 0 Å². The van der Waals surface area contributed by atoms with E-state index in [-0.39, 0.29) is 0 Å². The average Bonchev–Trinajstić information content (AvgIpc) is 3.12. The number of hydrogen-bond acceptors (Lipinski definition) is 5. The fourth-order valence-electron chi connectivity index (χ4n) is 2.77. The second kappa shape index (κ2) is 7.45. The van der Waals surface area contributed by atoms with Crippen LogP contribution in [0, 0.1) is 0 Å². The van der Waals surface area contributed by atoms with E-state index >= 15 is 0 Å². The normalized spacial score (nSPS) is 17.9. The molecule has 124 valence electrons. The quantitative estimate of drug-likeness (QED) is 0.853. The van der Waals surface area contributed by atoms with Crippen molar-refractivity contribution >= 4 is 17.0 Å². The predicted molar refractivity (Wildman–Crippen MR) is 95.1 cm³/mol. The van der Waals surface area contributed by atoms with Gasteiger partial charge in [-0.25, -0.2) is 0 Å². The van der Waals surface area contributed by atoms with Gasteiger partial charge in [-0.05, 0) is 36.1 Å². The zero-order valence-corrected chi connectivity index (χ0v) is 14.3. The van der Waals surface area contributed by atoms with Gasteiger partial charge in [0.1, 0.15) is 5.60 Å². The molecule has 1 aliphatic rings. The van der Waals surface area contributed by atoms with Crippen molar-refractivity contribution in [2.45, 2.75) is 19.1 Å². The molecule has 1 aliphatic heterocycles. The van der Waals surface area contributed by atoms with E-state index in [1.54, 1.807) is 11.3 Å². The number of nitrogens with one attached hydrogen (secondary N) is 1. The summed E-state index contributed by atoms with van der Waals surface area (Å²) in [7, 11) is 0. The molecular weight excluding hydrogens is 308 g/mol. The first kappa shape index (κ1) is 16.5. The van der Waals surface area contributed by atoms with E-state index in [2.05, 4.69) is 34.5 Å². The number of benzene rings is 1. The minimum absolute atomic E-state index is 0.540. The molecule has 0 bridgehead atoms. The maximum absolute atomic E-state index is 10.5. The van der Waals surface area contributed by atoms with Crippen molar-refractivity contribution in [3.05, 3.63) is 52.2 Å². The highest BCUT2D eigenvalue weighted by atomic mass is 32.1. The van der Waals surface area contributed by atoms with E-state index in [1.807, 2.05) is 24.4 Å². The number of anilines is 1. The van der Waals surface area contributed by atoms with E-state index in [4.69, 9.17) is 4.74 Å². The summed E-state index contributed by atoms with van der Waals surface area (Å²) in [5.74, 6) is 0. The van der Waals surface area contributed by atoms with Crippen molar-refractivity contribution in [2.75, 3.05) is 37.7 Å². The van der Waals surface area contributed by atoms with Crippen LogP contribution in [0.1, 0.15) is 17.4 Å². The lowest BCUT2D eigenvalue weighted by Gasteiger charge is -2.29. The smallest absolute Gasteiger partial charge is 0.108 e. The summed E-state index contributed by atoms with van der Waals surface area (Å²) in [4.78, 5) is 3.34. The van der Waals surface area contributed by atoms with Gasteiger partial charge >= 0.3 is 0 Å². The molecular formula is C18H24N2O2S. The highest BCUT2D eigenvalue weighted by Gasteiger charge is 2.23. The highest BCUT2D eigenvalue weighted by molar-refractivity contribution is 7.10. The molecule has 23 heavy (non-hydrogen) atoms. The summed E-state index contributed by atoms with van der Waals surface area (Å²) in [5, 5.41) is 15.8. The Balaban J connectivity index is 1.50. The summed E-state index contributed by atoms with van der Waals surface area (Å²) in [6.07, 6.45) is 0. The third kappa shape index (κ3) is 4.32. The first-order chi connectivity index (χ1) is 11.1. The van der Waals surface area contributed by atoms with E-state index in [9.17, 15) is 5.11 Å². The highest BCUT2D eigenvalue weighted by Crippen LogP contribution is 2.24. The molecule has 2 heterocycles. The maximum atomic E-state index is 10.5. The van der Waals surface area contributed by atoms with Crippen LogP contribution in [-0.2, 0) is 16.9 Å². The van der Waals surface area contributed by atoms with E-state index < -0.39 is 5.60 Å². The molecule has 3 rings (SSSR count). The molecule has 0 aliphatic carbocycles. The Labute approximate surface area is 141 Å². The number of ether oxygens (including phenoxy) is 1. The Morgan fingerprint density at radius 1 is 1.22 bits per heavy atom. The molecule has 0 spiro atoms. The van der Waals surface area contributed by atoms with Crippen molar-refractivity contribution in [1.82, 2.24) is 5.32 Å². The van der Waals surface area contributed by atoms with E-state index in [0.29, 0.717) is 6.54 Å². The molecule has 1 saturated heterocycles. The number of hydrogen-bond donors (Lipinski definition) is 2. The van der Waals surface area contributed by atoms with Gasteiger partial charge in [0.05, 0.1) is 13.2 Å². The van der Waals surface area contributed by atoms with Crippen molar-refractivity contribution in [1.29, 1.82) is 0 Å². The van der Waals surface area contributed by atoms with Gasteiger partial charge < -0.3 is 20.1 Å². The number of nitrogens with zero attached hydrogens (tertiary/aromatic N) is 1. The Hall–Kier alpha value is -1.40. The molecule has 0 saturated carbocycles. The Kier molecular flexibility index (Phi) is 5.33. The summed E-state index contributed by atoms with van der Waals surface area (Å²) >= 11 is 1.59. The van der Waals surface area contributed by atoms with Crippen LogP contribution in [0.15, 0.2) is 41.8 Å². The third-order valence-electron chi connectivity index (χ3n) is 4.16. The molecule has 0 amide bonds. The summed E-state index contributed by atoms with van der Waals surface area (Å²) in [5.41, 5.74) is 1.66. The lowest BCUT2D eigenvalue weighted by Crippen LogP contribution is -2.36. The van der Waals surface area contributed by atoms with Gasteiger partial charge in [-0.1, -0.05) is 18.2 Å². The number of rotatable bonds is 6. The predicted octanol–water partition coefficient (Wildman–Crippen LogP) is 2.58. The second-order valence-electron chi connectivity index (χ2n) is 6.12. The van der Waals surface area contributed by atoms with Crippen LogP contribution < -0.4 is 10.2 Å². The molecule has 1 fully saturated rings. The van der Waals surface area contributed by atoms with Crippen LogP contribution >= 0.6 is 11.3 Å². The largest absolute Gasteiger partial charge is 0.383 e. The number of morpholine rings is 1. The van der Waals surface area contributed by atoms with Crippen LogP contribution in [0.4, 0.5) is 5.69 Å². The molecule has 1 atom stereocenters. The van der Waals surface area contributed by atoms with Gasteiger partial charge in [0, 0.05) is 36.7 Å². The van der Waals surface area contributed by atoms with Crippen LogP contribution in [0.3, 0.4) is 0 Å². The Bertz CT molecular complexity index is 590. The molecule has 5 heteroatoms. The lowest BCUT2D eigenvalue weighted by molar-refractivity contribution is 0.0604. The molecule has 2 N–H and O–H groups in total. The maximum Gasteiger partial charge on any atom is 0.108 e. The Morgan fingerprint density at radius 2 is 1.96 bits per heavy atom. The standard InChI is InChI=1S/C18H24N2O2S/c1-18(21,17-3-2-12-23-17)14-19-13-15-4-6-16(7-5-15)20-8-10-22-11-9-20/h2-7,12,19,21H,8-11,13-14H2,1H3. The summed E-state index contributed by atoms with van der Waals surface area (Å²) in [6.45, 7) is 6.68. The minimum Gasteiger partial charge on any atom is -0.383 e. The van der Waals surface area contributed by atoms with E-state index in [0.717, 1.165) is 37.7 Å². The number of thiophene rings is 1. The molecule has 1 unspecified atom stereocenters. The molecule has 2 aromatic rings. The van der Waals surface area contributed by atoms with Gasteiger partial charge in [-0.2, -0.15) is 0 Å². The monoisotopic (exact) mass is 332 g/mol. The summed E-state index contributed by atoms with van der Waals surface area (Å²) in [6, 6.07) is 12.6. The van der Waals surface area contributed by atoms with Crippen molar-refractivity contribution < 1.29 is 9.84 Å². The fraction of sp³-hybridized carbons (Fsp3) is 0.444. The molecule has 4 nitrogen and oxygen atoms in total. The number of aliphatic hydroxyl groups is 1. The van der Waals surface area contributed by atoms with Crippen molar-refractivity contribution in [3.8, 4) is 0 Å². The topological polar surface area (TPSA) is 44.7 Å². The average molecular weight is 332 g/mol. The van der Waals surface area contributed by atoms with Crippen molar-refractivity contribution in [3.63, 3.8) is 0 Å². The zero-order chi connectivity index (χ0) is 16.1. The molecule has 1 aromatic carbocycles. The first-order valence-electron chi connectivity index (χ1n) is 8.04. The van der Waals surface area contributed by atoms with Crippen LogP contribution in [0.5, 0.6) is 0 Å². The Morgan fingerprint density at radius 3 is 2.61 bits per heavy atom. The van der Waals surface area contributed by atoms with Crippen LogP contribution in [0.2, 0.25) is 0 Å². The second-order valence-corrected chi connectivity index (χ2v) is 7.07. The zero-order valence-electron chi connectivity index (χ0n) is 13.5. The third-order valence-corrected chi connectivity index (χ3v) is 5.29. The molecule has 0 radical (unpaired) electrons. The van der Waals surface area contributed by atoms with E-state index in [1.165, 1.54) is 11.3 Å². The van der Waals surface area contributed by atoms with Crippen LogP contribution in [-0.4, -0.2) is 38.0 Å². The molecule has 1 aromatic heterocycles. The lowest BCUT2D eigenvalue weighted by atomic mass is 10.1. The van der Waals surface area contributed by atoms with Crippen molar-refractivity contribution in [2.24, 2.45) is 0 Å². The first-order valence-corrected chi connectivity index (χ1v) is 8.92. The van der Waals surface area contributed by atoms with Gasteiger partial charge in [-0.3, -0.25) is 0 Å². The van der Waals surface area contributed by atoms with Gasteiger partial charge in [-0.15, -0.1) is 11.3 Å². The summed E-state index contributed by atoms with van der Waals surface area (Å²) < 4.78 is 5.39. The minimum atomic E-state index is -0.818. The van der Waals surface area contributed by atoms with Gasteiger partial charge in [0.15, 0.2) is 0 Å². The SMILES string of the molecule is CC(O)(CNCc1ccc(N2CCOCC2)cc1)c1cccs1. The van der Waals surface area contributed by atoms with Gasteiger partial charge in [0.2, 0.25) is 0 Å².